The maximum Gasteiger partial charge on any atom is 0.274 e. The third kappa shape index (κ3) is 4.04. The molecule has 8 heteroatoms. The molecule has 0 aliphatic rings. The Bertz CT molecular complexity index is 746. The van der Waals surface area contributed by atoms with E-state index in [1.54, 1.807) is 0 Å². The van der Waals surface area contributed by atoms with Crippen LogP contribution in [-0.2, 0) is 9.59 Å². The number of aliphatic hydroxyl groups is 1. The van der Waals surface area contributed by atoms with Crippen molar-refractivity contribution < 1.29 is 19.5 Å². The standard InChI is InChI=1S/C17H18N4O4/c1-18-16(24)15(14(23)10-22)21(2)17(25)13-9-19-12(8-20-13)11-6-4-3-5-7-11/h3-9,15,22H,10H2,1-2H3,(H,18,24). The Morgan fingerprint density at radius 1 is 1.16 bits per heavy atom. The molecular formula is C17H18N4O4. The lowest BCUT2D eigenvalue weighted by molar-refractivity contribution is -0.135. The molecule has 2 N–H and O–H groups in total. The topological polar surface area (TPSA) is 112 Å². The number of nitrogens with zero attached hydrogens (tertiary/aromatic N) is 3. The molecule has 1 heterocycles. The van der Waals surface area contributed by atoms with E-state index in [0.717, 1.165) is 10.5 Å². The molecule has 0 bridgehead atoms. The highest BCUT2D eigenvalue weighted by atomic mass is 16.3. The third-order valence-electron chi connectivity index (χ3n) is 3.60. The highest BCUT2D eigenvalue weighted by Gasteiger charge is 2.33. The minimum Gasteiger partial charge on any atom is -0.388 e. The Hall–Kier alpha value is -3.13. The molecule has 130 valence electrons. The van der Waals surface area contributed by atoms with Gasteiger partial charge >= 0.3 is 0 Å². The molecule has 1 atom stereocenters. The van der Waals surface area contributed by atoms with Crippen LogP contribution in [0, 0.1) is 0 Å². The van der Waals surface area contributed by atoms with Gasteiger partial charge in [0.25, 0.3) is 5.91 Å². The van der Waals surface area contributed by atoms with Crippen LogP contribution in [0.25, 0.3) is 11.3 Å². The van der Waals surface area contributed by atoms with Gasteiger partial charge in [0.05, 0.1) is 18.1 Å². The lowest BCUT2D eigenvalue weighted by Crippen LogP contribution is -2.52. The van der Waals surface area contributed by atoms with Gasteiger partial charge in [0.1, 0.15) is 12.3 Å². The number of hydrogen-bond donors (Lipinski definition) is 2. The highest BCUT2D eigenvalue weighted by Crippen LogP contribution is 2.15. The number of likely N-dealkylation sites (N-methyl/N-ethyl adjacent to an activating group) is 2. The maximum absolute atomic E-state index is 12.5. The fourth-order valence-electron chi connectivity index (χ4n) is 2.26. The van der Waals surface area contributed by atoms with E-state index >= 15 is 0 Å². The molecule has 1 aromatic heterocycles. The van der Waals surface area contributed by atoms with Gasteiger partial charge in [0, 0.05) is 19.7 Å². The van der Waals surface area contributed by atoms with Gasteiger partial charge in [-0.1, -0.05) is 30.3 Å². The Kier molecular flexibility index (Phi) is 5.91. The second-order valence-electron chi connectivity index (χ2n) is 5.21. The molecule has 25 heavy (non-hydrogen) atoms. The van der Waals surface area contributed by atoms with Crippen LogP contribution in [0.3, 0.4) is 0 Å². The summed E-state index contributed by atoms with van der Waals surface area (Å²) in [7, 11) is 2.63. The van der Waals surface area contributed by atoms with E-state index in [1.807, 2.05) is 30.3 Å². The van der Waals surface area contributed by atoms with Gasteiger partial charge in [-0.2, -0.15) is 0 Å². The Morgan fingerprint density at radius 3 is 2.36 bits per heavy atom. The molecule has 0 aliphatic carbocycles. The number of ketones is 1. The fourth-order valence-corrected chi connectivity index (χ4v) is 2.26. The molecule has 2 aromatic rings. The number of amides is 2. The zero-order valence-corrected chi connectivity index (χ0v) is 13.8. The van der Waals surface area contributed by atoms with Crippen molar-refractivity contribution in [3.05, 3.63) is 48.4 Å². The molecule has 0 saturated heterocycles. The fraction of sp³-hybridized carbons (Fsp3) is 0.235. The molecule has 1 aromatic carbocycles. The van der Waals surface area contributed by atoms with Crippen LogP contribution in [0.1, 0.15) is 10.5 Å². The normalized spacial score (nSPS) is 11.5. The summed E-state index contributed by atoms with van der Waals surface area (Å²) >= 11 is 0. The SMILES string of the molecule is CNC(=O)C(C(=O)CO)N(C)C(=O)c1cnc(-c2ccccc2)cn1. The number of rotatable bonds is 6. The predicted molar refractivity (Wildman–Crippen MR) is 89.5 cm³/mol. The summed E-state index contributed by atoms with van der Waals surface area (Å²) in [6.45, 7) is -0.853. The molecule has 1 unspecified atom stereocenters. The molecule has 0 radical (unpaired) electrons. The average Bonchev–Trinajstić information content (AvgIpc) is 2.67. The van der Waals surface area contributed by atoms with Crippen LogP contribution in [0.2, 0.25) is 0 Å². The number of aromatic nitrogens is 2. The maximum atomic E-state index is 12.5. The second kappa shape index (κ2) is 8.11. The van der Waals surface area contributed by atoms with Gasteiger partial charge in [-0.25, -0.2) is 4.98 Å². The van der Waals surface area contributed by atoms with Crippen LogP contribution in [0.5, 0.6) is 0 Å². The monoisotopic (exact) mass is 342 g/mol. The van der Waals surface area contributed by atoms with E-state index < -0.39 is 30.2 Å². The highest BCUT2D eigenvalue weighted by molar-refractivity contribution is 6.09. The third-order valence-corrected chi connectivity index (χ3v) is 3.60. The van der Waals surface area contributed by atoms with Crippen LogP contribution in [0.4, 0.5) is 0 Å². The Balaban J connectivity index is 2.24. The molecule has 0 aliphatic heterocycles. The molecular weight excluding hydrogens is 324 g/mol. The quantitative estimate of drug-likeness (QED) is 0.709. The number of Topliss-reactive ketones (excluding diaryl/α,β-unsaturated/α-hetero) is 1. The number of nitrogens with one attached hydrogen (secondary N) is 1. The van der Waals surface area contributed by atoms with Crippen LogP contribution in [0.15, 0.2) is 42.7 Å². The Labute approximate surface area is 144 Å². The summed E-state index contributed by atoms with van der Waals surface area (Å²) in [5.74, 6) is -2.13. The minimum absolute atomic E-state index is 0.0122. The van der Waals surface area contributed by atoms with Crippen LogP contribution < -0.4 is 5.32 Å². The number of aliphatic hydroxyl groups excluding tert-OH is 1. The van der Waals surface area contributed by atoms with Crippen LogP contribution in [-0.4, -0.2) is 64.3 Å². The van der Waals surface area contributed by atoms with Crippen molar-refractivity contribution in [2.45, 2.75) is 6.04 Å². The van der Waals surface area contributed by atoms with Gasteiger partial charge in [-0.15, -0.1) is 0 Å². The first-order valence-electron chi connectivity index (χ1n) is 7.49. The summed E-state index contributed by atoms with van der Waals surface area (Å²) in [4.78, 5) is 45.3. The first kappa shape index (κ1) is 18.2. The Morgan fingerprint density at radius 2 is 1.84 bits per heavy atom. The van der Waals surface area contributed by atoms with Crippen molar-refractivity contribution in [1.29, 1.82) is 0 Å². The summed E-state index contributed by atoms with van der Waals surface area (Å²) < 4.78 is 0. The van der Waals surface area contributed by atoms with E-state index in [0.29, 0.717) is 5.69 Å². The number of hydrogen-bond acceptors (Lipinski definition) is 6. The minimum atomic E-state index is -1.43. The molecule has 0 spiro atoms. The first-order valence-corrected chi connectivity index (χ1v) is 7.49. The summed E-state index contributed by atoms with van der Waals surface area (Å²) in [6.07, 6.45) is 2.73. The van der Waals surface area contributed by atoms with Crippen molar-refractivity contribution in [3.63, 3.8) is 0 Å². The van der Waals surface area contributed by atoms with Crippen molar-refractivity contribution in [2.75, 3.05) is 20.7 Å². The molecule has 0 fully saturated rings. The van der Waals surface area contributed by atoms with Gasteiger partial charge in [0.2, 0.25) is 5.91 Å². The van der Waals surface area contributed by atoms with Crippen LogP contribution >= 0.6 is 0 Å². The lowest BCUT2D eigenvalue weighted by Gasteiger charge is -2.24. The molecule has 2 amide bonds. The van der Waals surface area contributed by atoms with Gasteiger partial charge in [0.15, 0.2) is 11.8 Å². The van der Waals surface area contributed by atoms with E-state index in [4.69, 9.17) is 5.11 Å². The van der Waals surface area contributed by atoms with Gasteiger partial charge in [-0.3, -0.25) is 19.4 Å². The van der Waals surface area contributed by atoms with E-state index in [1.165, 1.54) is 26.5 Å². The van der Waals surface area contributed by atoms with E-state index in [9.17, 15) is 14.4 Å². The number of carbonyl (C=O) groups excluding carboxylic acids is 3. The zero-order valence-electron chi connectivity index (χ0n) is 13.8. The molecule has 8 nitrogen and oxygen atoms in total. The zero-order chi connectivity index (χ0) is 18.4. The number of benzene rings is 1. The summed E-state index contributed by atoms with van der Waals surface area (Å²) in [5, 5.41) is 11.3. The van der Waals surface area contributed by atoms with E-state index in [-0.39, 0.29) is 5.69 Å². The summed E-state index contributed by atoms with van der Waals surface area (Å²) in [6, 6.07) is 7.88. The average molecular weight is 342 g/mol. The predicted octanol–water partition coefficient (Wildman–Crippen LogP) is -0.108. The summed E-state index contributed by atoms with van der Waals surface area (Å²) in [5.41, 5.74) is 1.43. The van der Waals surface area contributed by atoms with E-state index in [2.05, 4.69) is 15.3 Å². The largest absolute Gasteiger partial charge is 0.388 e. The first-order chi connectivity index (χ1) is 12.0. The van der Waals surface area contributed by atoms with Crippen molar-refractivity contribution in [2.24, 2.45) is 0 Å². The van der Waals surface area contributed by atoms with Crippen molar-refractivity contribution >= 4 is 17.6 Å². The van der Waals surface area contributed by atoms with Gasteiger partial charge < -0.3 is 15.3 Å². The lowest BCUT2D eigenvalue weighted by atomic mass is 10.1. The molecule has 2 rings (SSSR count). The van der Waals surface area contributed by atoms with Crippen molar-refractivity contribution in [3.8, 4) is 11.3 Å². The number of carbonyl (C=O) groups is 3. The second-order valence-corrected chi connectivity index (χ2v) is 5.21. The molecule has 0 saturated carbocycles. The van der Waals surface area contributed by atoms with Gasteiger partial charge in [-0.05, 0) is 0 Å². The smallest absolute Gasteiger partial charge is 0.274 e. The van der Waals surface area contributed by atoms with Crippen molar-refractivity contribution in [1.82, 2.24) is 20.2 Å².